The third kappa shape index (κ3) is 38.5. The quantitative estimate of drug-likeness (QED) is 0.123. The average Bonchev–Trinajstić information content (AvgIpc) is 2.52. The van der Waals surface area contributed by atoms with Gasteiger partial charge in [0.15, 0.2) is 0 Å². The van der Waals surface area contributed by atoms with Crippen LogP contribution in [-0.2, 0) is 29.2 Å². The van der Waals surface area contributed by atoms with Crippen molar-refractivity contribution in [2.45, 2.75) is 90.9 Å². The molecule has 0 atom stereocenters. The van der Waals surface area contributed by atoms with Crippen LogP contribution in [0.25, 0.3) is 0 Å². The van der Waals surface area contributed by atoms with Gasteiger partial charge >= 0.3 is 48.9 Å². The number of unbranched alkanes of at least 4 members (excludes halogenated alkanes) is 10. The van der Waals surface area contributed by atoms with Crippen LogP contribution in [0.2, 0.25) is 0 Å². The van der Waals surface area contributed by atoms with Crippen LogP contribution in [0, 0.1) is 0 Å². The first-order chi connectivity index (χ1) is 12.1. The summed E-state index contributed by atoms with van der Waals surface area (Å²) in [6.45, 7) is 4.32. The SMILES string of the molecule is CCCCCCCCOS(=O)(=O)[O-].CCCCCCCCOS(=O)(=O)[O-].[Ba+2]. The van der Waals surface area contributed by atoms with Crippen LogP contribution in [0.5, 0.6) is 0 Å². The Morgan fingerprint density at radius 3 is 1.07 bits per heavy atom. The van der Waals surface area contributed by atoms with E-state index in [0.717, 1.165) is 25.7 Å². The van der Waals surface area contributed by atoms with Crippen LogP contribution in [0.4, 0.5) is 0 Å². The first-order valence-corrected chi connectivity index (χ1v) is 12.0. The smallest absolute Gasteiger partial charge is 0.726 e. The van der Waals surface area contributed by atoms with Crippen molar-refractivity contribution in [3.8, 4) is 0 Å². The molecule has 0 rings (SSSR count). The molecule has 0 spiro atoms. The zero-order valence-corrected chi connectivity index (χ0v) is 22.8. The maximum atomic E-state index is 9.99. The first-order valence-electron chi connectivity index (χ1n) is 9.32. The second kappa shape index (κ2) is 22.0. The van der Waals surface area contributed by atoms with E-state index in [1.807, 2.05) is 0 Å². The van der Waals surface area contributed by atoms with Crippen molar-refractivity contribution < 1.29 is 34.3 Å². The van der Waals surface area contributed by atoms with Crippen molar-refractivity contribution in [2.24, 2.45) is 0 Å². The van der Waals surface area contributed by atoms with Gasteiger partial charge in [-0.1, -0.05) is 78.1 Å². The van der Waals surface area contributed by atoms with E-state index in [0.29, 0.717) is 12.8 Å². The molecule has 0 aliphatic heterocycles. The van der Waals surface area contributed by atoms with Crippen molar-refractivity contribution in [3.05, 3.63) is 0 Å². The zero-order valence-electron chi connectivity index (χ0n) is 16.7. The molecule has 0 N–H and O–H groups in total. The van der Waals surface area contributed by atoms with Gasteiger partial charge in [-0.3, -0.25) is 8.37 Å². The summed E-state index contributed by atoms with van der Waals surface area (Å²) in [7, 11) is -8.94. The minimum absolute atomic E-state index is 0. The summed E-state index contributed by atoms with van der Waals surface area (Å²) in [4.78, 5) is 0. The van der Waals surface area contributed by atoms with E-state index >= 15 is 0 Å². The molecule has 11 heteroatoms. The molecule has 8 nitrogen and oxygen atoms in total. The third-order valence-electron chi connectivity index (χ3n) is 3.45. The van der Waals surface area contributed by atoms with Crippen LogP contribution in [0.3, 0.4) is 0 Å². The molecule has 0 saturated carbocycles. The van der Waals surface area contributed by atoms with Gasteiger partial charge in [0.05, 0.1) is 13.2 Å². The summed E-state index contributed by atoms with van der Waals surface area (Å²) in [5.41, 5.74) is 0. The van der Waals surface area contributed by atoms with Gasteiger partial charge in [0.2, 0.25) is 20.8 Å². The molecule has 0 fully saturated rings. The summed E-state index contributed by atoms with van der Waals surface area (Å²) in [5, 5.41) is 0. The summed E-state index contributed by atoms with van der Waals surface area (Å²) in [6.07, 6.45) is 12.4. The second-order valence-electron chi connectivity index (χ2n) is 6.00. The average molecular weight is 556 g/mol. The Morgan fingerprint density at radius 2 is 0.815 bits per heavy atom. The Morgan fingerprint density at radius 1 is 0.556 bits per heavy atom. The Bertz CT molecular complexity index is 449. The fraction of sp³-hybridized carbons (Fsp3) is 1.00. The topological polar surface area (TPSA) is 133 Å². The van der Waals surface area contributed by atoms with Gasteiger partial charge in [0, 0.05) is 0 Å². The van der Waals surface area contributed by atoms with E-state index in [9.17, 15) is 25.9 Å². The molecule has 0 heterocycles. The predicted octanol–water partition coefficient (Wildman–Crippen LogP) is 3.27. The largest absolute Gasteiger partial charge is 2.00 e. The molecule has 0 aliphatic carbocycles. The van der Waals surface area contributed by atoms with Crippen LogP contribution >= 0.6 is 0 Å². The molecule has 0 aromatic carbocycles. The molecule has 0 unspecified atom stereocenters. The van der Waals surface area contributed by atoms with Gasteiger partial charge < -0.3 is 9.11 Å². The molecule has 160 valence electrons. The first kappa shape index (κ1) is 33.0. The maximum absolute atomic E-state index is 9.99. The van der Waals surface area contributed by atoms with Crippen molar-refractivity contribution in [2.75, 3.05) is 13.2 Å². The molecular formula is C16H34BaO8S2. The molecule has 0 aromatic heterocycles. The normalized spacial score (nSPS) is 11.4. The van der Waals surface area contributed by atoms with Crippen molar-refractivity contribution in [1.82, 2.24) is 0 Å². The minimum Gasteiger partial charge on any atom is -0.726 e. The second-order valence-corrected chi connectivity index (χ2v) is 8.10. The van der Waals surface area contributed by atoms with Crippen molar-refractivity contribution in [3.63, 3.8) is 0 Å². The maximum Gasteiger partial charge on any atom is 2.00 e. The Balaban J connectivity index is -0.000000411. The van der Waals surface area contributed by atoms with E-state index in [4.69, 9.17) is 0 Å². The molecule has 0 saturated heterocycles. The van der Waals surface area contributed by atoms with Gasteiger partial charge in [-0.25, -0.2) is 16.8 Å². The van der Waals surface area contributed by atoms with E-state index < -0.39 is 20.8 Å². The van der Waals surface area contributed by atoms with E-state index in [-0.39, 0.29) is 62.1 Å². The van der Waals surface area contributed by atoms with Gasteiger partial charge in [0.25, 0.3) is 0 Å². The molecule has 0 bridgehead atoms. The van der Waals surface area contributed by atoms with E-state index in [1.165, 1.54) is 38.5 Å². The fourth-order valence-electron chi connectivity index (χ4n) is 2.09. The molecule has 0 radical (unpaired) electrons. The number of hydrogen-bond acceptors (Lipinski definition) is 8. The van der Waals surface area contributed by atoms with Gasteiger partial charge in [0.1, 0.15) is 0 Å². The number of hydrogen-bond donors (Lipinski definition) is 0. The Labute approximate surface area is 206 Å². The summed E-state index contributed by atoms with van der Waals surface area (Å²) >= 11 is 0. The minimum atomic E-state index is -4.47. The van der Waals surface area contributed by atoms with Crippen LogP contribution in [0.15, 0.2) is 0 Å². The zero-order chi connectivity index (χ0) is 20.3. The molecule has 27 heavy (non-hydrogen) atoms. The summed E-state index contributed by atoms with van der Waals surface area (Å²) in [6, 6.07) is 0. The standard InChI is InChI=1S/2C8H18O4S.Ba/c2*1-2-3-4-5-6-7-8-12-13(9,10)11;/h2*2-8H2,1H3,(H,9,10,11);/q;;+2/p-2. The third-order valence-corrected chi connectivity index (χ3v) is 4.36. The monoisotopic (exact) mass is 556 g/mol. The van der Waals surface area contributed by atoms with E-state index in [2.05, 4.69) is 22.2 Å². The van der Waals surface area contributed by atoms with Crippen LogP contribution < -0.4 is 0 Å². The van der Waals surface area contributed by atoms with Gasteiger partial charge in [-0.05, 0) is 12.8 Å². The van der Waals surface area contributed by atoms with Crippen molar-refractivity contribution in [1.29, 1.82) is 0 Å². The van der Waals surface area contributed by atoms with Crippen molar-refractivity contribution >= 4 is 69.7 Å². The van der Waals surface area contributed by atoms with E-state index in [1.54, 1.807) is 0 Å². The summed E-state index contributed by atoms with van der Waals surface area (Å²) < 4.78 is 68.0. The molecular weight excluding hydrogens is 522 g/mol. The van der Waals surface area contributed by atoms with Gasteiger partial charge in [-0.2, -0.15) is 0 Å². The Kier molecular flexibility index (Phi) is 26.9. The number of rotatable bonds is 16. The fourth-order valence-corrected chi connectivity index (χ4v) is 2.73. The Hall–Kier alpha value is 1.31. The molecule has 0 aliphatic rings. The molecule has 0 amide bonds. The molecule has 0 aromatic rings. The predicted molar refractivity (Wildman–Crippen MR) is 104 cm³/mol. The summed E-state index contributed by atoms with van der Waals surface area (Å²) in [5.74, 6) is 0. The van der Waals surface area contributed by atoms with Gasteiger partial charge in [-0.15, -0.1) is 0 Å². The van der Waals surface area contributed by atoms with Crippen LogP contribution in [0.1, 0.15) is 90.9 Å². The van der Waals surface area contributed by atoms with Crippen LogP contribution in [-0.4, -0.2) is 88.0 Å².